The van der Waals surface area contributed by atoms with Gasteiger partial charge in [-0.15, -0.1) is 5.56 Å². The van der Waals surface area contributed by atoms with E-state index in [1.54, 1.807) is 6.08 Å². The normalized spacial score (nSPS) is 15.2. The molecule has 2 aromatic rings. The van der Waals surface area contributed by atoms with Gasteiger partial charge in [-0.1, -0.05) is 91.6 Å². The molecule has 2 aliphatic rings. The van der Waals surface area contributed by atoms with Gasteiger partial charge in [-0.25, -0.2) is 0 Å². The third-order valence-corrected chi connectivity index (χ3v) is 10.6. The van der Waals surface area contributed by atoms with E-state index in [1.807, 2.05) is 38.1 Å². The third kappa shape index (κ3) is 15.6. The van der Waals surface area contributed by atoms with E-state index in [2.05, 4.69) is 63.0 Å². The maximum Gasteiger partial charge on any atom is 0.290 e. The smallest absolute Gasteiger partial charge is 0.290 e. The molecule has 1 aliphatic carbocycles. The number of unbranched alkanes of at least 4 members (excludes halogenated alkanes) is 1. The Labute approximate surface area is 342 Å². The van der Waals surface area contributed by atoms with Crippen LogP contribution >= 0.6 is 11.6 Å². The van der Waals surface area contributed by atoms with Crippen LogP contribution in [0.3, 0.4) is 0 Å². The predicted molar refractivity (Wildman–Crippen MR) is 220 cm³/mol. The van der Waals surface area contributed by atoms with E-state index in [4.69, 9.17) is 21.5 Å². The van der Waals surface area contributed by atoms with E-state index >= 15 is 0 Å². The summed E-state index contributed by atoms with van der Waals surface area (Å²) in [5.41, 5.74) is 7.75. The number of benzene rings is 2. The zero-order valence-electron chi connectivity index (χ0n) is 33.4. The van der Waals surface area contributed by atoms with Gasteiger partial charge < -0.3 is 15.3 Å². The Kier molecular flexibility index (Phi) is 23.8. The van der Waals surface area contributed by atoms with E-state index < -0.39 is 0 Å². The van der Waals surface area contributed by atoms with Crippen molar-refractivity contribution in [2.45, 2.75) is 127 Å². The molecule has 2 N–H and O–H groups in total. The molecular weight excluding hydrogens is 736 g/mol. The largest absolute Gasteiger partial charge is 0.483 e. The Morgan fingerprint density at radius 1 is 1.02 bits per heavy atom. The van der Waals surface area contributed by atoms with Crippen LogP contribution in [0.15, 0.2) is 48.1 Å². The SMILES string of the molecule is C.CC(=O)C(=C/C=C\CCCN1CC2(CCCC2)C1)C(C)=O.CCC(NC(=O)[C@@H](C)CC(C)C)c1cc(-c2c(C)c[c-]cc2C)cc(Cl)c1C.O=CO.[Cr]. The summed E-state index contributed by atoms with van der Waals surface area (Å²) in [4.78, 5) is 46.1. The second-order valence-corrected chi connectivity index (χ2v) is 15.6. The number of nitrogens with zero attached hydrogens (tertiary/aromatic N) is 1. The van der Waals surface area contributed by atoms with E-state index in [-0.39, 0.29) is 66.3 Å². The van der Waals surface area contributed by atoms with Gasteiger partial charge in [0.15, 0.2) is 11.6 Å². The van der Waals surface area contributed by atoms with Gasteiger partial charge in [-0.3, -0.25) is 19.2 Å². The Balaban J connectivity index is 0.000000965. The zero-order valence-corrected chi connectivity index (χ0v) is 35.5. The molecular formula is C45H66ClCrN2O5-. The number of allylic oxidation sites excluding steroid dienone is 4. The molecule has 1 heterocycles. The van der Waals surface area contributed by atoms with Crippen LogP contribution in [0, 0.1) is 44.1 Å². The van der Waals surface area contributed by atoms with E-state index in [9.17, 15) is 14.4 Å². The average molecular weight is 802 g/mol. The third-order valence-electron chi connectivity index (χ3n) is 10.2. The average Bonchev–Trinajstić information content (AvgIpc) is 3.55. The molecule has 1 amide bonds. The molecule has 1 saturated heterocycles. The van der Waals surface area contributed by atoms with Crippen molar-refractivity contribution in [2.75, 3.05) is 19.6 Å². The van der Waals surface area contributed by atoms with Crippen LogP contribution in [-0.2, 0) is 36.5 Å². The number of hydrogen-bond acceptors (Lipinski definition) is 5. The van der Waals surface area contributed by atoms with Crippen molar-refractivity contribution < 1.29 is 41.6 Å². The first-order chi connectivity index (χ1) is 24.6. The van der Waals surface area contributed by atoms with Gasteiger partial charge >= 0.3 is 0 Å². The number of halogens is 1. The van der Waals surface area contributed by atoms with E-state index in [0.717, 1.165) is 47.4 Å². The van der Waals surface area contributed by atoms with Gasteiger partial charge in [-0.2, -0.15) is 29.3 Å². The van der Waals surface area contributed by atoms with Crippen molar-refractivity contribution in [1.29, 1.82) is 0 Å². The maximum absolute atomic E-state index is 12.7. The first-order valence-corrected chi connectivity index (χ1v) is 19.2. The molecule has 1 aliphatic heterocycles. The molecule has 1 unspecified atom stereocenters. The van der Waals surface area contributed by atoms with Crippen LogP contribution in [0.2, 0.25) is 5.02 Å². The summed E-state index contributed by atoms with van der Waals surface area (Å²) in [6.45, 7) is 21.0. The second-order valence-electron chi connectivity index (χ2n) is 15.2. The summed E-state index contributed by atoms with van der Waals surface area (Å²) in [6, 6.07) is 11.4. The molecule has 9 heteroatoms. The molecule has 2 atom stereocenters. The molecule has 0 bridgehead atoms. The van der Waals surface area contributed by atoms with Gasteiger partial charge in [0.05, 0.1) is 11.6 Å². The zero-order chi connectivity index (χ0) is 39.0. The number of likely N-dealkylation sites (tertiary alicyclic amines) is 1. The van der Waals surface area contributed by atoms with Gasteiger partial charge in [0.2, 0.25) is 5.91 Å². The molecule has 2 fully saturated rings. The van der Waals surface area contributed by atoms with Crippen LogP contribution in [0.4, 0.5) is 0 Å². The van der Waals surface area contributed by atoms with Crippen molar-refractivity contribution in [1.82, 2.24) is 10.2 Å². The Morgan fingerprint density at radius 2 is 1.57 bits per heavy atom. The fourth-order valence-corrected chi connectivity index (χ4v) is 7.84. The van der Waals surface area contributed by atoms with Gasteiger partial charge in [-0.05, 0) is 106 Å². The molecule has 7 nitrogen and oxygen atoms in total. The Bertz CT molecular complexity index is 1530. The number of carboxylic acid groups (broad SMARTS) is 1. The second kappa shape index (κ2) is 25.2. The number of Topliss-reactive ketones (excluding diaryl/α,β-unsaturated/α-hetero) is 2. The number of hydrogen-bond donors (Lipinski definition) is 2. The van der Waals surface area contributed by atoms with Crippen LogP contribution in [-0.4, -0.2) is 53.6 Å². The minimum absolute atomic E-state index is 0. The van der Waals surface area contributed by atoms with Gasteiger partial charge in [0.1, 0.15) is 0 Å². The number of nitrogens with one attached hydrogen (secondary N) is 1. The molecule has 54 heavy (non-hydrogen) atoms. The van der Waals surface area contributed by atoms with Crippen LogP contribution in [0.25, 0.3) is 11.1 Å². The number of carbonyl (C=O) groups excluding carboxylic acids is 3. The van der Waals surface area contributed by atoms with Crippen molar-refractivity contribution >= 4 is 35.5 Å². The summed E-state index contributed by atoms with van der Waals surface area (Å²) >= 11 is 6.62. The standard InChI is InChI=1S/C25H33ClNO.C18H27NO2.CH2O2.CH4.Cr/c1-8-23(27-25(28)18(6)12-15(2)3)21-13-20(14-22(26)19(21)7)24-16(4)10-9-11-17(24)5;1-15(20)17(16(2)21)9-5-3-4-8-12-19-13-18(14-19)10-6-7-11-18;2-1-3;;/h10-11,13-15,18,23H,8,12H2,1-7H3,(H,27,28);3,5,9H,4,6-8,10-14H2,1-2H3;1H,(H,2,3);1H4;/q-1;;;;/b;5-3-;;;/t18-,23?;;;;/m0..../s1. The monoisotopic (exact) mass is 801 g/mol. The number of ketones is 2. The minimum atomic E-state index is -0.250. The summed E-state index contributed by atoms with van der Waals surface area (Å²) in [5.74, 6) is 0.302. The van der Waals surface area contributed by atoms with Crippen molar-refractivity contribution in [2.24, 2.45) is 17.3 Å². The Hall–Kier alpha value is -3.02. The topological polar surface area (TPSA) is 104 Å². The van der Waals surface area contributed by atoms with Crippen LogP contribution in [0.1, 0.15) is 129 Å². The van der Waals surface area contributed by atoms with Gasteiger partial charge in [0, 0.05) is 41.4 Å². The summed E-state index contributed by atoms with van der Waals surface area (Å²) in [5, 5.41) is 10.9. The first-order valence-electron chi connectivity index (χ1n) is 18.9. The summed E-state index contributed by atoms with van der Waals surface area (Å²) in [6.07, 6.45) is 15.1. The number of aryl methyl sites for hydroxylation is 2. The molecule has 0 aromatic heterocycles. The fraction of sp³-hybridized carbons (Fsp3) is 0.556. The quantitative estimate of drug-likeness (QED) is 0.0375. The molecule has 300 valence electrons. The fourth-order valence-electron chi connectivity index (χ4n) is 7.61. The summed E-state index contributed by atoms with van der Waals surface area (Å²) < 4.78 is 0. The van der Waals surface area contributed by atoms with E-state index in [0.29, 0.717) is 11.3 Å². The van der Waals surface area contributed by atoms with Gasteiger partial charge in [0.25, 0.3) is 6.47 Å². The number of rotatable bonds is 14. The van der Waals surface area contributed by atoms with Crippen molar-refractivity contribution in [3.63, 3.8) is 0 Å². The molecule has 0 radical (unpaired) electrons. The van der Waals surface area contributed by atoms with E-state index in [1.165, 1.54) is 75.9 Å². The van der Waals surface area contributed by atoms with Crippen molar-refractivity contribution in [3.05, 3.63) is 81.4 Å². The molecule has 1 saturated carbocycles. The Morgan fingerprint density at radius 3 is 2.07 bits per heavy atom. The molecule has 2 aromatic carbocycles. The van der Waals surface area contributed by atoms with Crippen LogP contribution in [0.5, 0.6) is 0 Å². The van der Waals surface area contributed by atoms with Crippen molar-refractivity contribution in [3.8, 4) is 11.1 Å². The number of amides is 1. The minimum Gasteiger partial charge on any atom is -0.483 e. The maximum atomic E-state index is 12.7. The first kappa shape index (κ1) is 51.0. The molecule has 4 rings (SSSR count). The summed E-state index contributed by atoms with van der Waals surface area (Å²) in [7, 11) is 0. The van der Waals surface area contributed by atoms with Crippen LogP contribution < -0.4 is 5.32 Å². The predicted octanol–water partition coefficient (Wildman–Crippen LogP) is 10.6. The number of carbonyl (C=O) groups is 4. The molecule has 1 spiro atoms.